The molecule has 1 fully saturated rings. The van der Waals surface area contributed by atoms with E-state index in [1.54, 1.807) is 0 Å². The van der Waals surface area contributed by atoms with E-state index >= 15 is 0 Å². The van der Waals surface area contributed by atoms with Crippen molar-refractivity contribution in [3.63, 3.8) is 0 Å². The maximum atomic E-state index is 5.77. The van der Waals surface area contributed by atoms with Crippen molar-refractivity contribution in [2.45, 2.75) is 52.0 Å². The highest BCUT2D eigenvalue weighted by molar-refractivity contribution is 7.10. The van der Waals surface area contributed by atoms with Crippen molar-refractivity contribution in [3.05, 3.63) is 21.9 Å². The highest BCUT2D eigenvalue weighted by atomic mass is 32.1. The maximum absolute atomic E-state index is 5.77. The van der Waals surface area contributed by atoms with Crippen LogP contribution in [0.4, 0.5) is 0 Å². The Morgan fingerprint density at radius 2 is 2.12 bits per heavy atom. The molecule has 0 spiro atoms. The van der Waals surface area contributed by atoms with E-state index in [-0.39, 0.29) is 0 Å². The molecule has 3 heteroatoms. The zero-order valence-electron chi connectivity index (χ0n) is 10.9. The van der Waals surface area contributed by atoms with E-state index in [1.807, 2.05) is 11.3 Å². The molecule has 0 saturated heterocycles. The van der Waals surface area contributed by atoms with E-state index in [1.165, 1.54) is 42.5 Å². The molecule has 2 rings (SSSR count). The number of aryl methyl sites for hydroxylation is 1. The summed E-state index contributed by atoms with van der Waals surface area (Å²) in [6.07, 6.45) is 6.74. The zero-order chi connectivity index (χ0) is 12.3. The molecular formula is C14H24N2S. The van der Waals surface area contributed by atoms with Crippen LogP contribution in [0.1, 0.15) is 55.5 Å². The number of nitrogens with one attached hydrogen (secondary N) is 1. The van der Waals surface area contributed by atoms with Crippen molar-refractivity contribution >= 4 is 11.3 Å². The summed E-state index contributed by atoms with van der Waals surface area (Å²) in [5, 5.41) is 2.26. The minimum absolute atomic E-state index is 0.359. The fourth-order valence-electron chi connectivity index (χ4n) is 3.06. The van der Waals surface area contributed by atoms with E-state index in [0.29, 0.717) is 6.04 Å². The predicted octanol–water partition coefficient (Wildman–Crippen LogP) is 3.78. The van der Waals surface area contributed by atoms with Crippen molar-refractivity contribution < 1.29 is 0 Å². The van der Waals surface area contributed by atoms with E-state index in [4.69, 9.17) is 5.84 Å². The normalized spacial score (nSPS) is 27.0. The highest BCUT2D eigenvalue weighted by Crippen LogP contribution is 2.38. The van der Waals surface area contributed by atoms with Crippen molar-refractivity contribution in [1.29, 1.82) is 0 Å². The fraction of sp³-hybridized carbons (Fsp3) is 0.714. The van der Waals surface area contributed by atoms with Gasteiger partial charge in [-0.25, -0.2) is 0 Å². The molecule has 1 aromatic rings. The molecule has 0 bridgehead atoms. The van der Waals surface area contributed by atoms with Gasteiger partial charge >= 0.3 is 0 Å². The van der Waals surface area contributed by atoms with Crippen LogP contribution in [0.5, 0.6) is 0 Å². The van der Waals surface area contributed by atoms with Gasteiger partial charge in [0.15, 0.2) is 0 Å². The molecular weight excluding hydrogens is 228 g/mol. The average Bonchev–Trinajstić information content (AvgIpc) is 2.78. The van der Waals surface area contributed by atoms with Crippen molar-refractivity contribution in [2.75, 3.05) is 0 Å². The third-order valence-corrected chi connectivity index (χ3v) is 5.11. The maximum Gasteiger partial charge on any atom is 0.0496 e. The predicted molar refractivity (Wildman–Crippen MR) is 74.9 cm³/mol. The number of nitrogens with two attached hydrogens (primary N) is 1. The van der Waals surface area contributed by atoms with Crippen LogP contribution in [0, 0.1) is 18.8 Å². The van der Waals surface area contributed by atoms with Gasteiger partial charge in [-0.15, -0.1) is 11.3 Å². The highest BCUT2D eigenvalue weighted by Gasteiger charge is 2.27. The SMILES string of the molecule is CCC1CCC(C(NN)c2csc(C)c2)CC1. The van der Waals surface area contributed by atoms with Crippen LogP contribution in [-0.2, 0) is 0 Å². The number of hydrogen-bond donors (Lipinski definition) is 2. The summed E-state index contributed by atoms with van der Waals surface area (Å²) in [4.78, 5) is 1.38. The van der Waals surface area contributed by atoms with Crippen molar-refractivity contribution in [3.8, 4) is 0 Å². The van der Waals surface area contributed by atoms with Crippen LogP contribution in [-0.4, -0.2) is 0 Å². The Labute approximate surface area is 109 Å². The fourth-order valence-corrected chi connectivity index (χ4v) is 3.80. The van der Waals surface area contributed by atoms with Crippen molar-refractivity contribution in [2.24, 2.45) is 17.7 Å². The minimum Gasteiger partial charge on any atom is -0.271 e. The van der Waals surface area contributed by atoms with Crippen LogP contribution in [0.2, 0.25) is 0 Å². The van der Waals surface area contributed by atoms with E-state index < -0.39 is 0 Å². The molecule has 0 aliphatic heterocycles. The van der Waals surface area contributed by atoms with Gasteiger partial charge < -0.3 is 0 Å². The van der Waals surface area contributed by atoms with E-state index in [9.17, 15) is 0 Å². The molecule has 3 N–H and O–H groups in total. The molecule has 1 atom stereocenters. The van der Waals surface area contributed by atoms with Crippen LogP contribution < -0.4 is 11.3 Å². The van der Waals surface area contributed by atoms with Crippen molar-refractivity contribution in [1.82, 2.24) is 5.43 Å². The summed E-state index contributed by atoms with van der Waals surface area (Å²) in [5.41, 5.74) is 4.43. The van der Waals surface area contributed by atoms with Crippen LogP contribution >= 0.6 is 11.3 Å². The van der Waals surface area contributed by atoms with E-state index in [2.05, 4.69) is 30.7 Å². The van der Waals surface area contributed by atoms with Gasteiger partial charge in [0, 0.05) is 10.9 Å². The summed E-state index contributed by atoms with van der Waals surface area (Å²) in [6, 6.07) is 2.64. The summed E-state index contributed by atoms with van der Waals surface area (Å²) in [5.74, 6) is 7.44. The molecule has 1 saturated carbocycles. The lowest BCUT2D eigenvalue weighted by molar-refractivity contribution is 0.219. The third-order valence-electron chi connectivity index (χ3n) is 4.23. The van der Waals surface area contributed by atoms with Gasteiger partial charge in [-0.3, -0.25) is 11.3 Å². The van der Waals surface area contributed by atoms with Crippen LogP contribution in [0.3, 0.4) is 0 Å². The zero-order valence-corrected chi connectivity index (χ0v) is 11.7. The Hall–Kier alpha value is -0.380. The molecule has 1 aliphatic carbocycles. The summed E-state index contributed by atoms with van der Waals surface area (Å²) in [6.45, 7) is 4.47. The number of rotatable bonds is 4. The quantitative estimate of drug-likeness (QED) is 0.632. The molecule has 1 heterocycles. The Bertz CT molecular complexity index is 340. The monoisotopic (exact) mass is 252 g/mol. The second kappa shape index (κ2) is 5.98. The van der Waals surface area contributed by atoms with Gasteiger partial charge in [-0.2, -0.15) is 0 Å². The van der Waals surface area contributed by atoms with E-state index in [0.717, 1.165) is 11.8 Å². The Kier molecular flexibility index (Phi) is 4.60. The van der Waals surface area contributed by atoms with Gasteiger partial charge in [-0.1, -0.05) is 26.2 Å². The Morgan fingerprint density at radius 3 is 2.59 bits per heavy atom. The molecule has 0 radical (unpaired) electrons. The lowest BCUT2D eigenvalue weighted by Gasteiger charge is -2.33. The second-order valence-corrected chi connectivity index (χ2v) is 6.44. The largest absolute Gasteiger partial charge is 0.271 e. The topological polar surface area (TPSA) is 38.0 Å². The summed E-state index contributed by atoms with van der Waals surface area (Å²) in [7, 11) is 0. The molecule has 0 amide bonds. The Balaban J connectivity index is 2.00. The minimum atomic E-state index is 0.359. The number of thiophene rings is 1. The van der Waals surface area contributed by atoms with Gasteiger partial charge in [0.25, 0.3) is 0 Å². The molecule has 0 aromatic carbocycles. The molecule has 17 heavy (non-hydrogen) atoms. The molecule has 1 unspecified atom stereocenters. The van der Waals surface area contributed by atoms with Crippen LogP contribution in [0.25, 0.3) is 0 Å². The standard InChI is InChI=1S/C14H24N2S/c1-3-11-4-6-12(7-5-11)14(16-15)13-8-10(2)17-9-13/h8-9,11-12,14,16H,3-7,15H2,1-2H3. The average molecular weight is 252 g/mol. The second-order valence-electron chi connectivity index (χ2n) is 5.32. The Morgan fingerprint density at radius 1 is 1.41 bits per heavy atom. The first-order valence-electron chi connectivity index (χ1n) is 6.75. The van der Waals surface area contributed by atoms with Gasteiger partial charge in [0.1, 0.15) is 0 Å². The van der Waals surface area contributed by atoms with Gasteiger partial charge in [0.2, 0.25) is 0 Å². The summed E-state index contributed by atoms with van der Waals surface area (Å²) >= 11 is 1.82. The number of hydrogen-bond acceptors (Lipinski definition) is 3. The third kappa shape index (κ3) is 3.09. The lowest BCUT2D eigenvalue weighted by atomic mass is 9.76. The first kappa shape index (κ1) is 13.1. The summed E-state index contributed by atoms with van der Waals surface area (Å²) < 4.78 is 0. The first-order chi connectivity index (χ1) is 8.24. The smallest absolute Gasteiger partial charge is 0.0496 e. The van der Waals surface area contributed by atoms with Gasteiger partial charge in [-0.05, 0) is 48.6 Å². The first-order valence-corrected chi connectivity index (χ1v) is 7.63. The molecule has 1 aliphatic rings. The number of hydrazine groups is 1. The molecule has 2 nitrogen and oxygen atoms in total. The van der Waals surface area contributed by atoms with Gasteiger partial charge in [0.05, 0.1) is 0 Å². The lowest BCUT2D eigenvalue weighted by Crippen LogP contribution is -2.35. The molecule has 1 aromatic heterocycles. The molecule has 96 valence electrons. The van der Waals surface area contributed by atoms with Crippen LogP contribution in [0.15, 0.2) is 11.4 Å².